The van der Waals surface area contributed by atoms with E-state index in [9.17, 15) is 9.59 Å². The number of aromatic amines is 1. The average Bonchev–Trinajstić information content (AvgIpc) is 3.25. The molecule has 2 N–H and O–H groups in total. The monoisotopic (exact) mass is 400 g/mol. The second-order valence-electron chi connectivity index (χ2n) is 7.25. The largest absolute Gasteiger partial charge is 0.491 e. The molecule has 1 aliphatic rings. The van der Waals surface area contributed by atoms with Gasteiger partial charge in [-0.25, -0.2) is 0 Å². The standard InChI is InChI=1S/C21H28N4O4/c1-3-14(2)29-16-8-6-15(7-9-16)20-23-21(27)18(24-25-20)10-11-19(26)22-13-17-5-4-12-28-17/h6-9,14,17H,3-5,10-13H2,1-2H3,(H,22,26)(H,23,25,27)/t14-,17+/m0/s1. The van der Waals surface area contributed by atoms with E-state index in [0.29, 0.717) is 12.4 Å². The molecule has 0 aliphatic carbocycles. The van der Waals surface area contributed by atoms with Crippen LogP contribution in [0.4, 0.5) is 0 Å². The van der Waals surface area contributed by atoms with Gasteiger partial charge in [0.15, 0.2) is 5.82 Å². The van der Waals surface area contributed by atoms with Crippen LogP contribution in [0.2, 0.25) is 0 Å². The highest BCUT2D eigenvalue weighted by atomic mass is 16.5. The molecule has 0 spiro atoms. The lowest BCUT2D eigenvalue weighted by Gasteiger charge is -2.12. The van der Waals surface area contributed by atoms with E-state index in [2.05, 4.69) is 27.4 Å². The Balaban J connectivity index is 1.54. The van der Waals surface area contributed by atoms with Gasteiger partial charge < -0.3 is 19.8 Å². The molecule has 8 nitrogen and oxygen atoms in total. The van der Waals surface area contributed by atoms with Crippen molar-refractivity contribution < 1.29 is 14.3 Å². The molecule has 156 valence electrons. The third-order valence-electron chi connectivity index (χ3n) is 4.94. The summed E-state index contributed by atoms with van der Waals surface area (Å²) in [5.74, 6) is 1.03. The first-order chi connectivity index (χ1) is 14.0. The Morgan fingerprint density at radius 1 is 1.34 bits per heavy atom. The zero-order valence-electron chi connectivity index (χ0n) is 16.9. The number of carbonyl (C=O) groups excluding carboxylic acids is 1. The summed E-state index contributed by atoms with van der Waals surface area (Å²) < 4.78 is 11.2. The van der Waals surface area contributed by atoms with Crippen LogP contribution in [-0.2, 0) is 16.0 Å². The van der Waals surface area contributed by atoms with Gasteiger partial charge >= 0.3 is 0 Å². The van der Waals surface area contributed by atoms with Gasteiger partial charge in [0.1, 0.15) is 11.4 Å². The number of aryl methyl sites for hydroxylation is 1. The maximum Gasteiger partial charge on any atom is 0.273 e. The van der Waals surface area contributed by atoms with Crippen molar-refractivity contribution in [1.82, 2.24) is 20.5 Å². The van der Waals surface area contributed by atoms with E-state index in [4.69, 9.17) is 9.47 Å². The molecule has 0 bridgehead atoms. The maximum absolute atomic E-state index is 12.3. The van der Waals surface area contributed by atoms with Crippen molar-refractivity contribution >= 4 is 5.91 Å². The molecular weight excluding hydrogens is 372 g/mol. The molecule has 1 fully saturated rings. The van der Waals surface area contributed by atoms with Crippen LogP contribution >= 0.6 is 0 Å². The number of ether oxygens (including phenoxy) is 2. The number of nitrogens with zero attached hydrogens (tertiary/aromatic N) is 2. The van der Waals surface area contributed by atoms with Crippen LogP contribution in [-0.4, -0.2) is 46.4 Å². The van der Waals surface area contributed by atoms with E-state index in [1.165, 1.54) is 0 Å². The van der Waals surface area contributed by atoms with Crippen LogP contribution in [0.25, 0.3) is 11.4 Å². The van der Waals surface area contributed by atoms with Gasteiger partial charge in [0.25, 0.3) is 5.56 Å². The molecule has 0 radical (unpaired) electrons. The number of nitrogens with one attached hydrogen (secondary N) is 2. The van der Waals surface area contributed by atoms with Crippen LogP contribution in [0.3, 0.4) is 0 Å². The molecular formula is C21H28N4O4. The molecule has 8 heteroatoms. The van der Waals surface area contributed by atoms with Crippen molar-refractivity contribution in [2.24, 2.45) is 0 Å². The van der Waals surface area contributed by atoms with Crippen LogP contribution in [0.5, 0.6) is 5.75 Å². The Hall–Kier alpha value is -2.74. The molecule has 2 atom stereocenters. The molecule has 1 saturated heterocycles. The number of hydrogen-bond donors (Lipinski definition) is 2. The molecule has 1 aromatic heterocycles. The highest BCUT2D eigenvalue weighted by Crippen LogP contribution is 2.19. The van der Waals surface area contributed by atoms with Crippen LogP contribution in [0.1, 0.15) is 45.2 Å². The second kappa shape index (κ2) is 10.2. The summed E-state index contributed by atoms with van der Waals surface area (Å²) in [5.41, 5.74) is 0.659. The van der Waals surface area contributed by atoms with E-state index in [1.54, 1.807) is 0 Å². The third kappa shape index (κ3) is 6.12. The number of carbonyl (C=O) groups is 1. The summed E-state index contributed by atoms with van der Waals surface area (Å²) in [6.45, 7) is 5.34. The minimum Gasteiger partial charge on any atom is -0.491 e. The minimum absolute atomic E-state index is 0.100. The van der Waals surface area contributed by atoms with Crippen molar-refractivity contribution in [3.8, 4) is 17.1 Å². The van der Waals surface area contributed by atoms with Crippen molar-refractivity contribution in [3.05, 3.63) is 40.3 Å². The molecule has 0 unspecified atom stereocenters. The first kappa shape index (κ1) is 21.0. The van der Waals surface area contributed by atoms with Gasteiger partial charge in [-0.15, -0.1) is 10.2 Å². The van der Waals surface area contributed by atoms with E-state index in [-0.39, 0.29) is 42.2 Å². The Labute approximate surface area is 170 Å². The Morgan fingerprint density at radius 3 is 2.79 bits per heavy atom. The zero-order valence-corrected chi connectivity index (χ0v) is 16.9. The van der Waals surface area contributed by atoms with Crippen molar-refractivity contribution in [1.29, 1.82) is 0 Å². The van der Waals surface area contributed by atoms with Crippen molar-refractivity contribution in [2.45, 2.75) is 58.2 Å². The first-order valence-electron chi connectivity index (χ1n) is 10.2. The second-order valence-corrected chi connectivity index (χ2v) is 7.25. The predicted molar refractivity (Wildman–Crippen MR) is 109 cm³/mol. The lowest BCUT2D eigenvalue weighted by Crippen LogP contribution is -2.32. The van der Waals surface area contributed by atoms with E-state index in [0.717, 1.165) is 37.2 Å². The average molecular weight is 400 g/mol. The maximum atomic E-state index is 12.3. The minimum atomic E-state index is -0.332. The quantitative estimate of drug-likeness (QED) is 0.669. The number of aromatic nitrogens is 3. The molecule has 3 rings (SSSR count). The summed E-state index contributed by atoms with van der Waals surface area (Å²) in [5, 5.41) is 11.0. The van der Waals surface area contributed by atoms with E-state index >= 15 is 0 Å². The van der Waals surface area contributed by atoms with Crippen molar-refractivity contribution in [3.63, 3.8) is 0 Å². The number of benzene rings is 1. The fraction of sp³-hybridized carbons (Fsp3) is 0.524. The van der Waals surface area contributed by atoms with E-state index in [1.807, 2.05) is 31.2 Å². The smallest absolute Gasteiger partial charge is 0.273 e. The van der Waals surface area contributed by atoms with E-state index < -0.39 is 0 Å². The van der Waals surface area contributed by atoms with Gasteiger partial charge in [-0.1, -0.05) is 6.92 Å². The fourth-order valence-corrected chi connectivity index (χ4v) is 3.01. The molecule has 2 aromatic rings. The zero-order chi connectivity index (χ0) is 20.6. The van der Waals surface area contributed by atoms with Gasteiger partial charge in [-0.05, 0) is 50.5 Å². The summed E-state index contributed by atoms with van der Waals surface area (Å²) >= 11 is 0. The highest BCUT2D eigenvalue weighted by molar-refractivity contribution is 5.76. The first-order valence-corrected chi connectivity index (χ1v) is 10.2. The van der Waals surface area contributed by atoms with Gasteiger partial charge in [0.05, 0.1) is 12.2 Å². The molecule has 1 amide bonds. The lowest BCUT2D eigenvalue weighted by molar-refractivity contribution is -0.121. The van der Waals surface area contributed by atoms with Crippen LogP contribution in [0.15, 0.2) is 29.1 Å². The number of hydrogen-bond acceptors (Lipinski definition) is 6. The fourth-order valence-electron chi connectivity index (χ4n) is 3.01. The molecule has 2 heterocycles. The molecule has 1 aromatic carbocycles. The highest BCUT2D eigenvalue weighted by Gasteiger charge is 2.16. The predicted octanol–water partition coefficient (Wildman–Crippen LogP) is 2.24. The third-order valence-corrected chi connectivity index (χ3v) is 4.94. The molecule has 0 saturated carbocycles. The van der Waals surface area contributed by atoms with Gasteiger partial charge in [-0.2, -0.15) is 0 Å². The number of H-pyrrole nitrogens is 1. The van der Waals surface area contributed by atoms with Crippen LogP contribution < -0.4 is 15.6 Å². The number of amides is 1. The summed E-state index contributed by atoms with van der Waals surface area (Å²) in [6.07, 6.45) is 3.59. The normalized spacial score (nSPS) is 17.1. The van der Waals surface area contributed by atoms with Gasteiger partial charge in [0.2, 0.25) is 5.91 Å². The Morgan fingerprint density at radius 2 is 2.14 bits per heavy atom. The SMILES string of the molecule is CC[C@H](C)Oc1ccc(-c2nnc(CCC(=O)NC[C@H]3CCCO3)c(=O)[nH]2)cc1. The molecule has 1 aliphatic heterocycles. The summed E-state index contributed by atoms with van der Waals surface area (Å²) in [7, 11) is 0. The summed E-state index contributed by atoms with van der Waals surface area (Å²) in [4.78, 5) is 27.0. The van der Waals surface area contributed by atoms with Gasteiger partial charge in [0, 0.05) is 31.6 Å². The summed E-state index contributed by atoms with van der Waals surface area (Å²) in [6, 6.07) is 7.34. The Bertz CT molecular complexity index is 860. The Kier molecular flexibility index (Phi) is 7.35. The lowest BCUT2D eigenvalue weighted by atomic mass is 10.2. The molecule has 29 heavy (non-hydrogen) atoms. The number of rotatable bonds is 9. The van der Waals surface area contributed by atoms with Crippen molar-refractivity contribution in [2.75, 3.05) is 13.2 Å². The van der Waals surface area contributed by atoms with Crippen LogP contribution in [0, 0.1) is 0 Å². The van der Waals surface area contributed by atoms with Gasteiger partial charge in [-0.3, -0.25) is 9.59 Å². The topological polar surface area (TPSA) is 106 Å².